The van der Waals surface area contributed by atoms with Crippen LogP contribution in [-0.4, -0.2) is 28.3 Å². The molecule has 0 saturated heterocycles. The molecule has 128 valence electrons. The third-order valence-electron chi connectivity index (χ3n) is 3.91. The molecule has 1 aliphatic rings. The quantitative estimate of drug-likeness (QED) is 0.775. The highest BCUT2D eigenvalue weighted by atomic mass is 79.9. The number of halogens is 3. The molecule has 2 aromatic rings. The van der Waals surface area contributed by atoms with E-state index in [9.17, 15) is 13.6 Å². The van der Waals surface area contributed by atoms with Crippen molar-refractivity contribution in [2.24, 2.45) is 5.92 Å². The van der Waals surface area contributed by atoms with Crippen LogP contribution >= 0.6 is 15.9 Å². The Labute approximate surface area is 146 Å². The molecule has 3 rings (SSSR count). The summed E-state index contributed by atoms with van der Waals surface area (Å²) in [6.45, 7) is 0.738. The summed E-state index contributed by atoms with van der Waals surface area (Å²) in [6.07, 6.45) is 1.81. The molecule has 1 aliphatic carbocycles. The van der Waals surface area contributed by atoms with E-state index in [-0.39, 0.29) is 19.4 Å². The Hall–Kier alpha value is -1.96. The van der Waals surface area contributed by atoms with Gasteiger partial charge < -0.3 is 5.32 Å². The summed E-state index contributed by atoms with van der Waals surface area (Å²) in [5, 5.41) is 9.48. The van der Waals surface area contributed by atoms with E-state index in [1.807, 2.05) is 24.3 Å². The second-order valence-electron chi connectivity index (χ2n) is 5.84. The van der Waals surface area contributed by atoms with Crippen molar-refractivity contribution in [1.29, 1.82) is 0 Å². The zero-order valence-corrected chi connectivity index (χ0v) is 14.4. The third kappa shape index (κ3) is 4.31. The highest BCUT2D eigenvalue weighted by Gasteiger charge is 2.55. The molecule has 2 amide bonds. The number of rotatable bonds is 6. The van der Waals surface area contributed by atoms with Crippen LogP contribution in [0.1, 0.15) is 18.4 Å². The molecule has 1 atom stereocenters. The Morgan fingerprint density at radius 3 is 2.92 bits per heavy atom. The van der Waals surface area contributed by atoms with Gasteiger partial charge in [-0.05, 0) is 24.1 Å². The second-order valence-corrected chi connectivity index (χ2v) is 6.75. The topological polar surface area (TPSA) is 59.0 Å². The molecule has 8 heteroatoms. The van der Waals surface area contributed by atoms with Crippen LogP contribution in [0.2, 0.25) is 0 Å². The molecular formula is C16H17BrF2N4O. The van der Waals surface area contributed by atoms with Gasteiger partial charge in [-0.2, -0.15) is 5.10 Å². The standard InChI is InChI=1S/C16H17BrF2N4O/c17-13-3-1-2-11(8-13)10-23-14(5-7-21-23)22-15(24)20-6-4-12-9-16(12,18)19/h1-3,5,7-8,12H,4,6,9-10H2,(H2,20,22,24). The second kappa shape index (κ2) is 6.88. The summed E-state index contributed by atoms with van der Waals surface area (Å²) in [5.41, 5.74) is 1.03. The van der Waals surface area contributed by atoms with Gasteiger partial charge >= 0.3 is 6.03 Å². The number of urea groups is 1. The number of hydrogen-bond acceptors (Lipinski definition) is 2. The van der Waals surface area contributed by atoms with Gasteiger partial charge in [-0.25, -0.2) is 18.3 Å². The molecule has 1 aromatic carbocycles. The fourth-order valence-corrected chi connectivity index (χ4v) is 2.92. The third-order valence-corrected chi connectivity index (χ3v) is 4.41. The lowest BCUT2D eigenvalue weighted by Gasteiger charge is -2.10. The van der Waals surface area contributed by atoms with Crippen molar-refractivity contribution in [1.82, 2.24) is 15.1 Å². The van der Waals surface area contributed by atoms with Crippen molar-refractivity contribution in [2.45, 2.75) is 25.3 Å². The van der Waals surface area contributed by atoms with Gasteiger partial charge in [-0.15, -0.1) is 0 Å². The molecule has 0 aliphatic heterocycles. The number of nitrogens with zero attached hydrogens (tertiary/aromatic N) is 2. The fourth-order valence-electron chi connectivity index (χ4n) is 2.48. The van der Waals surface area contributed by atoms with Crippen molar-refractivity contribution in [3.63, 3.8) is 0 Å². The van der Waals surface area contributed by atoms with Crippen molar-refractivity contribution < 1.29 is 13.6 Å². The summed E-state index contributed by atoms with van der Waals surface area (Å²) in [4.78, 5) is 11.9. The lowest BCUT2D eigenvalue weighted by molar-refractivity contribution is 0.0971. The lowest BCUT2D eigenvalue weighted by Crippen LogP contribution is -2.31. The van der Waals surface area contributed by atoms with E-state index >= 15 is 0 Å². The molecule has 1 unspecified atom stereocenters. The maximum Gasteiger partial charge on any atom is 0.320 e. The van der Waals surface area contributed by atoms with Gasteiger partial charge in [-0.1, -0.05) is 28.1 Å². The predicted octanol–water partition coefficient (Wildman–Crippen LogP) is 3.86. The molecule has 0 spiro atoms. The van der Waals surface area contributed by atoms with E-state index < -0.39 is 17.9 Å². The number of carbonyl (C=O) groups excluding carboxylic acids is 1. The van der Waals surface area contributed by atoms with Crippen LogP contribution in [0.15, 0.2) is 41.0 Å². The van der Waals surface area contributed by atoms with Gasteiger partial charge in [0, 0.05) is 29.4 Å². The number of carbonyl (C=O) groups is 1. The minimum absolute atomic E-state index is 0.0737. The predicted molar refractivity (Wildman–Crippen MR) is 90.2 cm³/mol. The van der Waals surface area contributed by atoms with Gasteiger partial charge in [0.15, 0.2) is 0 Å². The summed E-state index contributed by atoms with van der Waals surface area (Å²) in [5.74, 6) is -2.59. The Morgan fingerprint density at radius 2 is 2.21 bits per heavy atom. The highest BCUT2D eigenvalue weighted by molar-refractivity contribution is 9.10. The van der Waals surface area contributed by atoms with Crippen molar-refractivity contribution in [3.05, 3.63) is 46.6 Å². The zero-order valence-electron chi connectivity index (χ0n) is 12.8. The SMILES string of the molecule is O=C(NCCC1CC1(F)F)Nc1ccnn1Cc1cccc(Br)c1. The Balaban J connectivity index is 1.50. The first-order valence-electron chi connectivity index (χ1n) is 7.63. The lowest BCUT2D eigenvalue weighted by atomic mass is 10.2. The Kier molecular flexibility index (Phi) is 4.84. The minimum Gasteiger partial charge on any atom is -0.338 e. The summed E-state index contributed by atoms with van der Waals surface area (Å²) >= 11 is 3.42. The van der Waals surface area contributed by atoms with Gasteiger partial charge in [0.2, 0.25) is 0 Å². The Bertz CT molecular complexity index is 734. The van der Waals surface area contributed by atoms with Crippen molar-refractivity contribution >= 4 is 27.8 Å². The maximum absolute atomic E-state index is 12.8. The molecule has 1 heterocycles. The van der Waals surface area contributed by atoms with Gasteiger partial charge in [-0.3, -0.25) is 5.32 Å². The molecule has 0 bridgehead atoms. The largest absolute Gasteiger partial charge is 0.338 e. The number of nitrogens with one attached hydrogen (secondary N) is 2. The van der Waals surface area contributed by atoms with Gasteiger partial charge in [0.05, 0.1) is 12.7 Å². The molecule has 1 saturated carbocycles. The molecule has 5 nitrogen and oxygen atoms in total. The number of aromatic nitrogens is 2. The van der Waals surface area contributed by atoms with E-state index in [2.05, 4.69) is 31.7 Å². The van der Waals surface area contributed by atoms with Crippen LogP contribution in [0.4, 0.5) is 19.4 Å². The Morgan fingerprint density at radius 1 is 1.42 bits per heavy atom. The monoisotopic (exact) mass is 398 g/mol. The van der Waals surface area contributed by atoms with Gasteiger partial charge in [0.1, 0.15) is 5.82 Å². The highest BCUT2D eigenvalue weighted by Crippen LogP contribution is 2.50. The number of anilines is 1. The van der Waals surface area contributed by atoms with E-state index in [4.69, 9.17) is 0 Å². The average molecular weight is 399 g/mol. The van der Waals surface area contributed by atoms with E-state index in [0.717, 1.165) is 10.0 Å². The zero-order chi connectivity index (χ0) is 17.2. The van der Waals surface area contributed by atoms with Crippen LogP contribution in [0.3, 0.4) is 0 Å². The maximum atomic E-state index is 12.8. The molecule has 0 radical (unpaired) electrons. The van der Waals surface area contributed by atoms with Gasteiger partial charge in [0.25, 0.3) is 5.92 Å². The van der Waals surface area contributed by atoms with Crippen LogP contribution in [0.5, 0.6) is 0 Å². The minimum atomic E-state index is -2.54. The van der Waals surface area contributed by atoms with Crippen LogP contribution < -0.4 is 10.6 Å². The van der Waals surface area contributed by atoms with Crippen LogP contribution in [0.25, 0.3) is 0 Å². The number of benzene rings is 1. The summed E-state index contributed by atoms with van der Waals surface area (Å²) in [6, 6.07) is 9.06. The molecule has 2 N–H and O–H groups in total. The van der Waals surface area contributed by atoms with E-state index in [1.54, 1.807) is 16.9 Å². The van der Waals surface area contributed by atoms with Crippen LogP contribution in [-0.2, 0) is 6.54 Å². The smallest absolute Gasteiger partial charge is 0.320 e. The summed E-state index contributed by atoms with van der Waals surface area (Å²) in [7, 11) is 0. The average Bonchev–Trinajstić information content (AvgIpc) is 2.89. The molecular weight excluding hydrogens is 382 g/mol. The van der Waals surface area contributed by atoms with Crippen LogP contribution in [0, 0.1) is 5.92 Å². The van der Waals surface area contributed by atoms with Crippen molar-refractivity contribution in [3.8, 4) is 0 Å². The van der Waals surface area contributed by atoms with E-state index in [0.29, 0.717) is 12.4 Å². The fraction of sp³-hybridized carbons (Fsp3) is 0.375. The molecule has 24 heavy (non-hydrogen) atoms. The number of hydrogen-bond donors (Lipinski definition) is 2. The summed E-state index contributed by atoms with van der Waals surface area (Å²) < 4.78 is 28.2. The number of amides is 2. The first-order chi connectivity index (χ1) is 11.4. The first kappa shape index (κ1) is 16.9. The van der Waals surface area contributed by atoms with E-state index in [1.165, 1.54) is 0 Å². The molecule has 1 aromatic heterocycles. The first-order valence-corrected chi connectivity index (χ1v) is 8.42. The van der Waals surface area contributed by atoms with Crippen molar-refractivity contribution in [2.75, 3.05) is 11.9 Å². The molecule has 1 fully saturated rings. The normalized spacial score (nSPS) is 18.2. The number of alkyl halides is 2.